The van der Waals surface area contributed by atoms with Crippen LogP contribution in [0.15, 0.2) is 30.3 Å². The smallest absolute Gasteiger partial charge is 0.425 e. The number of rotatable bonds is 10. The summed E-state index contributed by atoms with van der Waals surface area (Å²) >= 11 is 0. The molecule has 1 rings (SSSR count). The molecule has 0 aliphatic heterocycles. The van der Waals surface area contributed by atoms with Gasteiger partial charge in [-0.1, -0.05) is 30.3 Å². The van der Waals surface area contributed by atoms with Crippen LogP contribution in [0.2, 0.25) is 0 Å². The van der Waals surface area contributed by atoms with E-state index in [1.54, 1.807) is 52.0 Å². The van der Waals surface area contributed by atoms with Crippen LogP contribution in [0.25, 0.3) is 0 Å². The number of esters is 1. The molecular weight excluding hydrogens is 430 g/mol. The first-order valence-electron chi connectivity index (χ1n) is 9.55. The van der Waals surface area contributed by atoms with Crippen molar-refractivity contribution in [1.29, 1.82) is 0 Å². The lowest BCUT2D eigenvalue weighted by atomic mass is 10.2. The van der Waals surface area contributed by atoms with Gasteiger partial charge in [-0.3, -0.25) is 4.79 Å². The molecule has 0 radical (unpaired) electrons. The second kappa shape index (κ2) is 12.1. The van der Waals surface area contributed by atoms with Crippen LogP contribution < -0.4 is 10.0 Å². The topological polar surface area (TPSA) is 140 Å². The van der Waals surface area contributed by atoms with E-state index in [2.05, 4.69) is 10.1 Å². The molecule has 31 heavy (non-hydrogen) atoms. The normalized spacial score (nSPS) is 11.4. The Morgan fingerprint density at radius 2 is 1.71 bits per heavy atom. The van der Waals surface area contributed by atoms with E-state index in [0.717, 1.165) is 5.56 Å². The van der Waals surface area contributed by atoms with Crippen LogP contribution in [0.1, 0.15) is 33.3 Å². The Balaban J connectivity index is 2.69. The lowest BCUT2D eigenvalue weighted by Gasteiger charge is -2.27. The Labute approximate surface area is 182 Å². The minimum atomic E-state index is -4.44. The second-order valence-corrected chi connectivity index (χ2v) is 8.85. The average Bonchev–Trinajstić information content (AvgIpc) is 2.67. The molecular formula is C19H29N3O8S. The number of hydrogen-bond donors (Lipinski definition) is 2. The van der Waals surface area contributed by atoms with Gasteiger partial charge < -0.3 is 19.5 Å². The lowest BCUT2D eigenvalue weighted by molar-refractivity contribution is -0.141. The highest BCUT2D eigenvalue weighted by atomic mass is 32.2. The summed E-state index contributed by atoms with van der Waals surface area (Å²) in [5.74, 6) is -0.808. The molecule has 0 atom stereocenters. The average molecular weight is 460 g/mol. The fourth-order valence-electron chi connectivity index (χ4n) is 2.10. The van der Waals surface area contributed by atoms with Gasteiger partial charge in [0.2, 0.25) is 0 Å². The minimum Gasteiger partial charge on any atom is -0.465 e. The number of nitrogens with zero attached hydrogens (tertiary/aromatic N) is 1. The van der Waals surface area contributed by atoms with Gasteiger partial charge in [-0.05, 0) is 33.3 Å². The van der Waals surface area contributed by atoms with Gasteiger partial charge in [-0.25, -0.2) is 9.59 Å². The molecule has 2 N–H and O–H groups in total. The first-order valence-corrected chi connectivity index (χ1v) is 11.0. The van der Waals surface area contributed by atoms with Crippen molar-refractivity contribution in [1.82, 2.24) is 14.3 Å². The molecule has 2 amide bonds. The number of ether oxygens (including phenoxy) is 3. The number of nitrogens with one attached hydrogen (secondary N) is 2. The van der Waals surface area contributed by atoms with Gasteiger partial charge in [0.15, 0.2) is 0 Å². The Bertz CT molecular complexity index is 837. The molecule has 0 unspecified atom stereocenters. The van der Waals surface area contributed by atoms with Crippen molar-refractivity contribution >= 4 is 28.4 Å². The molecule has 0 bridgehead atoms. The Morgan fingerprint density at radius 3 is 2.29 bits per heavy atom. The second-order valence-electron chi connectivity index (χ2n) is 7.17. The van der Waals surface area contributed by atoms with Crippen LogP contribution in [-0.4, -0.2) is 62.7 Å². The monoisotopic (exact) mass is 459 g/mol. The third-order valence-electron chi connectivity index (χ3n) is 3.39. The van der Waals surface area contributed by atoms with E-state index in [9.17, 15) is 22.8 Å². The van der Waals surface area contributed by atoms with Crippen LogP contribution in [0.3, 0.4) is 0 Å². The van der Waals surface area contributed by atoms with E-state index in [1.807, 2.05) is 10.8 Å². The summed E-state index contributed by atoms with van der Waals surface area (Å²) in [5.41, 5.74) is -0.188. The first kappa shape index (κ1) is 26.2. The van der Waals surface area contributed by atoms with Crippen molar-refractivity contribution in [2.75, 3.05) is 26.2 Å². The molecule has 12 heteroatoms. The zero-order chi connectivity index (χ0) is 23.5. The quantitative estimate of drug-likeness (QED) is 0.397. The highest BCUT2D eigenvalue weighted by Crippen LogP contribution is 2.12. The lowest BCUT2D eigenvalue weighted by Crippen LogP contribution is -2.50. The molecule has 174 valence electrons. The first-order chi connectivity index (χ1) is 14.4. The third-order valence-corrected chi connectivity index (χ3v) is 4.81. The van der Waals surface area contributed by atoms with Crippen molar-refractivity contribution in [3.05, 3.63) is 35.9 Å². The molecule has 0 fully saturated rings. The Morgan fingerprint density at radius 1 is 1.06 bits per heavy atom. The summed E-state index contributed by atoms with van der Waals surface area (Å²) in [6.45, 7) is 5.03. The number of carbonyl (C=O) groups is 3. The van der Waals surface area contributed by atoms with Crippen molar-refractivity contribution in [2.24, 2.45) is 0 Å². The summed E-state index contributed by atoms with van der Waals surface area (Å²) < 4.78 is 42.2. The summed E-state index contributed by atoms with van der Waals surface area (Å²) in [4.78, 5) is 35.7. The van der Waals surface area contributed by atoms with Gasteiger partial charge in [0.25, 0.3) is 0 Å². The molecule has 11 nitrogen and oxygen atoms in total. The molecule has 0 heterocycles. The summed E-state index contributed by atoms with van der Waals surface area (Å²) in [6.07, 6.45) is -1.95. The van der Waals surface area contributed by atoms with Gasteiger partial charge in [0.1, 0.15) is 18.8 Å². The molecule has 0 aromatic heterocycles. The van der Waals surface area contributed by atoms with Crippen molar-refractivity contribution < 1.29 is 37.0 Å². The zero-order valence-corrected chi connectivity index (χ0v) is 18.9. The minimum absolute atomic E-state index is 0.0296. The van der Waals surface area contributed by atoms with Crippen LogP contribution >= 0.6 is 0 Å². The Hall–Kier alpha value is -2.86. The zero-order valence-electron chi connectivity index (χ0n) is 18.0. The van der Waals surface area contributed by atoms with Gasteiger partial charge >= 0.3 is 28.4 Å². The van der Waals surface area contributed by atoms with E-state index in [-0.39, 0.29) is 19.8 Å². The maximum absolute atomic E-state index is 12.5. The number of amides is 2. The van der Waals surface area contributed by atoms with E-state index < -0.39 is 47.1 Å². The number of alkyl carbamates (subject to hydrolysis) is 1. The van der Waals surface area contributed by atoms with Crippen molar-refractivity contribution in [3.8, 4) is 0 Å². The molecule has 0 saturated heterocycles. The van der Waals surface area contributed by atoms with Crippen LogP contribution in [0.5, 0.6) is 0 Å². The van der Waals surface area contributed by atoms with Gasteiger partial charge in [-0.15, -0.1) is 0 Å². The molecule has 0 spiro atoms. The number of benzene rings is 1. The van der Waals surface area contributed by atoms with Crippen LogP contribution in [-0.2, 0) is 35.8 Å². The predicted octanol–water partition coefficient (Wildman–Crippen LogP) is 1.55. The van der Waals surface area contributed by atoms with E-state index >= 15 is 0 Å². The van der Waals surface area contributed by atoms with Crippen LogP contribution in [0, 0.1) is 0 Å². The Kier molecular flexibility index (Phi) is 10.2. The summed E-state index contributed by atoms with van der Waals surface area (Å²) in [6, 6.07) is 8.97. The van der Waals surface area contributed by atoms with E-state index in [0.29, 0.717) is 4.31 Å². The van der Waals surface area contributed by atoms with Crippen LogP contribution in [0.4, 0.5) is 9.59 Å². The highest BCUT2D eigenvalue weighted by molar-refractivity contribution is 7.87. The maximum atomic E-state index is 12.5. The molecule has 0 aliphatic rings. The fraction of sp³-hybridized carbons (Fsp3) is 0.526. The standard InChI is InChI=1S/C19H29N3O8S/c1-5-28-16(23)13-21-31(26,27)22(18(25)30-19(2,3)4)12-11-20-17(24)29-14-15-9-7-6-8-10-15/h6-10,21H,5,11-14H2,1-4H3,(H,20,24). The third kappa shape index (κ3) is 10.6. The van der Waals surface area contributed by atoms with Crippen molar-refractivity contribution in [2.45, 2.75) is 39.9 Å². The molecule has 1 aromatic carbocycles. The van der Waals surface area contributed by atoms with E-state index in [1.165, 1.54) is 0 Å². The SMILES string of the molecule is CCOC(=O)CNS(=O)(=O)N(CCNC(=O)OCc1ccccc1)C(=O)OC(C)(C)C. The highest BCUT2D eigenvalue weighted by Gasteiger charge is 2.32. The van der Waals surface area contributed by atoms with Gasteiger partial charge in [0, 0.05) is 6.54 Å². The molecule has 1 aromatic rings. The molecule has 0 saturated carbocycles. The maximum Gasteiger partial charge on any atom is 0.425 e. The number of hydrogen-bond acceptors (Lipinski definition) is 8. The van der Waals surface area contributed by atoms with Gasteiger partial charge in [0.05, 0.1) is 13.2 Å². The predicted molar refractivity (Wildman–Crippen MR) is 111 cm³/mol. The van der Waals surface area contributed by atoms with Gasteiger partial charge in [-0.2, -0.15) is 17.4 Å². The summed E-state index contributed by atoms with van der Waals surface area (Å²) in [7, 11) is -4.44. The van der Waals surface area contributed by atoms with Crippen molar-refractivity contribution in [3.63, 3.8) is 0 Å². The fourth-order valence-corrected chi connectivity index (χ4v) is 3.12. The summed E-state index contributed by atoms with van der Waals surface area (Å²) in [5, 5.41) is 2.36. The number of carbonyl (C=O) groups excluding carboxylic acids is 3. The largest absolute Gasteiger partial charge is 0.465 e. The molecule has 0 aliphatic carbocycles. The van der Waals surface area contributed by atoms with E-state index in [4.69, 9.17) is 9.47 Å².